The van der Waals surface area contributed by atoms with Crippen LogP contribution in [0.15, 0.2) is 17.8 Å². The van der Waals surface area contributed by atoms with Crippen LogP contribution in [-0.2, 0) is 9.53 Å². The van der Waals surface area contributed by atoms with Crippen LogP contribution in [0.4, 0.5) is 0 Å². The lowest BCUT2D eigenvalue weighted by atomic mass is 10.6. The minimum Gasteiger partial charge on any atom is -0.464 e. The standard InChI is InChI=1S/C8H14N2O2/c1-4-10(7-9-3)5-6-12-8(2)11/h4,7H,1,5-6H2,2-3H3. The summed E-state index contributed by atoms with van der Waals surface area (Å²) in [5.74, 6) is -0.271. The van der Waals surface area contributed by atoms with Crippen LogP contribution in [0.5, 0.6) is 0 Å². The Balaban J connectivity index is 3.58. The molecule has 0 aromatic rings. The molecule has 0 fully saturated rings. The van der Waals surface area contributed by atoms with Gasteiger partial charge in [-0.15, -0.1) is 0 Å². The lowest BCUT2D eigenvalue weighted by Gasteiger charge is -2.12. The first-order valence-electron chi connectivity index (χ1n) is 3.64. The third-order valence-electron chi connectivity index (χ3n) is 1.15. The van der Waals surface area contributed by atoms with Gasteiger partial charge in [0.15, 0.2) is 0 Å². The second kappa shape index (κ2) is 6.39. The molecule has 0 amide bonds. The fraction of sp³-hybridized carbons (Fsp3) is 0.500. The van der Waals surface area contributed by atoms with Gasteiger partial charge >= 0.3 is 5.97 Å². The number of esters is 1. The van der Waals surface area contributed by atoms with Crippen molar-refractivity contribution in [3.8, 4) is 0 Å². The van der Waals surface area contributed by atoms with Gasteiger partial charge in [-0.3, -0.25) is 9.79 Å². The van der Waals surface area contributed by atoms with E-state index in [0.717, 1.165) is 0 Å². The Kier molecular flexibility index (Phi) is 5.69. The van der Waals surface area contributed by atoms with Crippen molar-refractivity contribution in [2.24, 2.45) is 4.99 Å². The van der Waals surface area contributed by atoms with E-state index in [0.29, 0.717) is 13.2 Å². The SMILES string of the molecule is C=CN(C=NC)CCOC(C)=O. The zero-order valence-electron chi connectivity index (χ0n) is 7.49. The van der Waals surface area contributed by atoms with E-state index >= 15 is 0 Å². The highest BCUT2D eigenvalue weighted by atomic mass is 16.5. The molecule has 0 atom stereocenters. The van der Waals surface area contributed by atoms with E-state index in [1.807, 2.05) is 0 Å². The normalized spacial score (nSPS) is 9.83. The topological polar surface area (TPSA) is 41.9 Å². The van der Waals surface area contributed by atoms with Crippen molar-refractivity contribution in [3.05, 3.63) is 12.8 Å². The van der Waals surface area contributed by atoms with Gasteiger partial charge in [0.1, 0.15) is 6.61 Å². The third-order valence-corrected chi connectivity index (χ3v) is 1.15. The Hall–Kier alpha value is -1.32. The predicted molar refractivity (Wildman–Crippen MR) is 48.0 cm³/mol. The number of hydrogen-bond acceptors (Lipinski definition) is 3. The quantitative estimate of drug-likeness (QED) is 0.345. The van der Waals surface area contributed by atoms with E-state index in [1.54, 1.807) is 24.5 Å². The highest BCUT2D eigenvalue weighted by Crippen LogP contribution is 1.85. The van der Waals surface area contributed by atoms with Crippen molar-refractivity contribution in [3.63, 3.8) is 0 Å². The van der Waals surface area contributed by atoms with Crippen molar-refractivity contribution in [1.82, 2.24) is 4.90 Å². The molecule has 0 spiro atoms. The minimum atomic E-state index is -0.271. The highest BCUT2D eigenvalue weighted by Gasteiger charge is 1.95. The van der Waals surface area contributed by atoms with Crippen LogP contribution in [0.1, 0.15) is 6.92 Å². The maximum absolute atomic E-state index is 10.4. The molecule has 0 aromatic heterocycles. The van der Waals surface area contributed by atoms with Crippen LogP contribution in [0.3, 0.4) is 0 Å². The number of aliphatic imine (C=N–C) groups is 1. The van der Waals surface area contributed by atoms with Gasteiger partial charge in [-0.2, -0.15) is 0 Å². The summed E-state index contributed by atoms with van der Waals surface area (Å²) in [7, 11) is 1.67. The first kappa shape index (κ1) is 10.7. The molecule has 0 rings (SSSR count). The Morgan fingerprint density at radius 3 is 2.83 bits per heavy atom. The van der Waals surface area contributed by atoms with Gasteiger partial charge in [0.2, 0.25) is 0 Å². The zero-order chi connectivity index (χ0) is 9.40. The Labute approximate surface area is 72.5 Å². The largest absolute Gasteiger partial charge is 0.464 e. The van der Waals surface area contributed by atoms with Gasteiger partial charge in [-0.05, 0) is 6.20 Å². The molecule has 0 bridgehead atoms. The van der Waals surface area contributed by atoms with E-state index in [-0.39, 0.29) is 5.97 Å². The fourth-order valence-electron chi connectivity index (χ4n) is 0.639. The molecular formula is C8H14N2O2. The summed E-state index contributed by atoms with van der Waals surface area (Å²) < 4.78 is 4.73. The Morgan fingerprint density at radius 2 is 2.42 bits per heavy atom. The lowest BCUT2D eigenvalue weighted by Crippen LogP contribution is -2.21. The van der Waals surface area contributed by atoms with Crippen LogP contribution < -0.4 is 0 Å². The predicted octanol–water partition coefficient (Wildman–Crippen LogP) is 0.653. The van der Waals surface area contributed by atoms with Gasteiger partial charge < -0.3 is 9.64 Å². The van der Waals surface area contributed by atoms with Crippen LogP contribution in [0.25, 0.3) is 0 Å². The molecule has 0 saturated carbocycles. The average molecular weight is 170 g/mol. The number of carbonyl (C=O) groups excluding carboxylic acids is 1. The van der Waals surface area contributed by atoms with E-state index < -0.39 is 0 Å². The summed E-state index contributed by atoms with van der Waals surface area (Å²) >= 11 is 0. The first-order chi connectivity index (χ1) is 5.70. The molecule has 4 nitrogen and oxygen atoms in total. The molecule has 0 aliphatic heterocycles. The maximum Gasteiger partial charge on any atom is 0.302 e. The smallest absolute Gasteiger partial charge is 0.302 e. The van der Waals surface area contributed by atoms with Gasteiger partial charge in [-0.25, -0.2) is 0 Å². The van der Waals surface area contributed by atoms with Crippen molar-refractivity contribution >= 4 is 12.3 Å². The average Bonchev–Trinajstić information content (AvgIpc) is 2.02. The van der Waals surface area contributed by atoms with Crippen molar-refractivity contribution in [1.29, 1.82) is 0 Å². The van der Waals surface area contributed by atoms with Gasteiger partial charge in [0.25, 0.3) is 0 Å². The van der Waals surface area contributed by atoms with Crippen molar-refractivity contribution < 1.29 is 9.53 Å². The second-order valence-corrected chi connectivity index (χ2v) is 2.13. The minimum absolute atomic E-state index is 0.271. The molecule has 0 radical (unpaired) electrons. The molecule has 0 aliphatic carbocycles. The number of nitrogens with zero attached hydrogens (tertiary/aromatic N) is 2. The van der Waals surface area contributed by atoms with E-state index in [1.165, 1.54) is 6.92 Å². The van der Waals surface area contributed by atoms with Gasteiger partial charge in [-0.1, -0.05) is 6.58 Å². The number of hydrogen-bond donors (Lipinski definition) is 0. The monoisotopic (exact) mass is 170 g/mol. The van der Waals surface area contributed by atoms with E-state index in [4.69, 9.17) is 4.74 Å². The van der Waals surface area contributed by atoms with Gasteiger partial charge in [0.05, 0.1) is 12.9 Å². The summed E-state index contributed by atoms with van der Waals surface area (Å²) in [5.41, 5.74) is 0. The molecule has 12 heavy (non-hydrogen) atoms. The molecular weight excluding hydrogens is 156 g/mol. The maximum atomic E-state index is 10.4. The van der Waals surface area contributed by atoms with Crippen LogP contribution >= 0.6 is 0 Å². The summed E-state index contributed by atoms with van der Waals surface area (Å²) in [5, 5.41) is 0. The van der Waals surface area contributed by atoms with Crippen LogP contribution in [0, 0.1) is 0 Å². The molecule has 0 unspecified atom stereocenters. The third kappa shape index (κ3) is 5.46. The van der Waals surface area contributed by atoms with Crippen molar-refractivity contribution in [2.75, 3.05) is 20.2 Å². The van der Waals surface area contributed by atoms with Gasteiger partial charge in [0, 0.05) is 14.0 Å². The van der Waals surface area contributed by atoms with E-state index in [9.17, 15) is 4.79 Å². The molecule has 0 aromatic carbocycles. The molecule has 0 N–H and O–H groups in total. The number of rotatable bonds is 5. The summed E-state index contributed by atoms with van der Waals surface area (Å²) in [6.45, 7) is 5.89. The van der Waals surface area contributed by atoms with Crippen LogP contribution in [0.2, 0.25) is 0 Å². The molecule has 68 valence electrons. The summed E-state index contributed by atoms with van der Waals surface area (Å²) in [6, 6.07) is 0. The van der Waals surface area contributed by atoms with Crippen molar-refractivity contribution in [2.45, 2.75) is 6.92 Å². The van der Waals surface area contributed by atoms with Crippen LogP contribution in [-0.4, -0.2) is 37.4 Å². The second-order valence-electron chi connectivity index (χ2n) is 2.13. The first-order valence-corrected chi connectivity index (χ1v) is 3.64. The van der Waals surface area contributed by atoms with E-state index in [2.05, 4.69) is 11.6 Å². The Bertz CT molecular complexity index is 178. The molecule has 0 saturated heterocycles. The molecule has 0 aliphatic rings. The zero-order valence-corrected chi connectivity index (χ0v) is 7.49. The summed E-state index contributed by atoms with van der Waals surface area (Å²) in [4.78, 5) is 15.9. The lowest BCUT2D eigenvalue weighted by molar-refractivity contribution is -0.141. The number of carbonyl (C=O) groups is 1. The highest BCUT2D eigenvalue weighted by molar-refractivity contribution is 5.65. The number of ether oxygens (including phenoxy) is 1. The molecule has 0 heterocycles. The summed E-state index contributed by atoms with van der Waals surface area (Å²) in [6.07, 6.45) is 3.24. The molecule has 4 heteroatoms. The Morgan fingerprint density at radius 1 is 1.75 bits per heavy atom. The fourth-order valence-corrected chi connectivity index (χ4v) is 0.639.